The Morgan fingerprint density at radius 1 is 1.56 bits per heavy atom. The Morgan fingerprint density at radius 2 is 2.31 bits per heavy atom. The minimum Gasteiger partial charge on any atom is -0.322 e. The first kappa shape index (κ1) is 10.7. The van der Waals surface area contributed by atoms with E-state index in [1.165, 1.54) is 0 Å². The molecule has 0 bridgehead atoms. The summed E-state index contributed by atoms with van der Waals surface area (Å²) in [6, 6.07) is 9.86. The van der Waals surface area contributed by atoms with E-state index in [0.717, 1.165) is 18.4 Å². The van der Waals surface area contributed by atoms with Crippen molar-refractivity contribution in [2.24, 2.45) is 0 Å². The molecule has 1 saturated carbocycles. The van der Waals surface area contributed by atoms with Crippen molar-refractivity contribution in [1.82, 2.24) is 4.90 Å². The van der Waals surface area contributed by atoms with Gasteiger partial charge in [0.1, 0.15) is 6.54 Å². The minimum atomic E-state index is -0.0206. The molecule has 0 unspecified atom stereocenters. The molecule has 1 amide bonds. The summed E-state index contributed by atoms with van der Waals surface area (Å²) in [6.45, 7) is 2.15. The monoisotopic (exact) mass is 214 g/mol. The molecule has 0 radical (unpaired) electrons. The lowest BCUT2D eigenvalue weighted by molar-refractivity contribution is 0.0765. The molecule has 16 heavy (non-hydrogen) atoms. The van der Waals surface area contributed by atoms with E-state index in [1.54, 1.807) is 4.90 Å². The highest BCUT2D eigenvalue weighted by Crippen LogP contribution is 2.27. The number of aryl methyl sites for hydroxylation is 1. The van der Waals surface area contributed by atoms with E-state index in [2.05, 4.69) is 6.07 Å². The average molecular weight is 214 g/mol. The Labute approximate surface area is 95.3 Å². The van der Waals surface area contributed by atoms with Crippen molar-refractivity contribution in [2.45, 2.75) is 25.8 Å². The lowest BCUT2D eigenvalue weighted by Gasteiger charge is -2.19. The van der Waals surface area contributed by atoms with Crippen LogP contribution < -0.4 is 0 Å². The zero-order valence-corrected chi connectivity index (χ0v) is 9.31. The van der Waals surface area contributed by atoms with Crippen molar-refractivity contribution in [3.8, 4) is 6.07 Å². The number of hydrogen-bond acceptors (Lipinski definition) is 2. The molecule has 0 saturated heterocycles. The Bertz CT molecular complexity index is 443. The Kier molecular flexibility index (Phi) is 2.91. The topological polar surface area (TPSA) is 44.1 Å². The molecule has 3 nitrogen and oxygen atoms in total. The molecule has 1 fully saturated rings. The minimum absolute atomic E-state index is 0.0206. The van der Waals surface area contributed by atoms with Crippen molar-refractivity contribution >= 4 is 5.91 Å². The van der Waals surface area contributed by atoms with Gasteiger partial charge in [0.05, 0.1) is 6.07 Å². The molecule has 1 aromatic rings. The number of nitrogens with zero attached hydrogens (tertiary/aromatic N) is 2. The normalized spacial score (nSPS) is 14.2. The third-order valence-corrected chi connectivity index (χ3v) is 2.75. The van der Waals surface area contributed by atoms with Crippen LogP contribution in [0.15, 0.2) is 24.3 Å². The number of benzene rings is 1. The highest BCUT2D eigenvalue weighted by atomic mass is 16.2. The van der Waals surface area contributed by atoms with Crippen LogP contribution in [-0.4, -0.2) is 23.4 Å². The summed E-state index contributed by atoms with van der Waals surface area (Å²) in [5.74, 6) is -0.0206. The van der Waals surface area contributed by atoms with Crippen molar-refractivity contribution in [3.05, 3.63) is 35.4 Å². The summed E-state index contributed by atoms with van der Waals surface area (Å²) >= 11 is 0. The number of carbonyl (C=O) groups is 1. The maximum atomic E-state index is 12.1. The van der Waals surface area contributed by atoms with Crippen LogP contribution in [0, 0.1) is 18.3 Å². The number of rotatable bonds is 3. The van der Waals surface area contributed by atoms with Gasteiger partial charge >= 0.3 is 0 Å². The third-order valence-electron chi connectivity index (χ3n) is 2.75. The SMILES string of the molecule is Cc1cccc(C(=O)N(CC#N)C2CC2)c1. The highest BCUT2D eigenvalue weighted by molar-refractivity contribution is 5.94. The second-order valence-electron chi connectivity index (χ2n) is 4.19. The Hall–Kier alpha value is -1.82. The molecule has 1 aromatic carbocycles. The van der Waals surface area contributed by atoms with Crippen LogP contribution in [0.25, 0.3) is 0 Å². The zero-order chi connectivity index (χ0) is 11.5. The second kappa shape index (κ2) is 4.36. The van der Waals surface area contributed by atoms with Crippen molar-refractivity contribution in [3.63, 3.8) is 0 Å². The summed E-state index contributed by atoms with van der Waals surface area (Å²) in [5.41, 5.74) is 1.75. The van der Waals surface area contributed by atoms with Crippen LogP contribution in [-0.2, 0) is 0 Å². The van der Waals surface area contributed by atoms with Gasteiger partial charge in [0.15, 0.2) is 0 Å². The predicted molar refractivity (Wildman–Crippen MR) is 60.9 cm³/mol. The van der Waals surface area contributed by atoms with E-state index in [-0.39, 0.29) is 18.5 Å². The van der Waals surface area contributed by atoms with E-state index < -0.39 is 0 Å². The summed E-state index contributed by atoms with van der Waals surface area (Å²) in [6.07, 6.45) is 2.05. The van der Waals surface area contributed by atoms with Gasteiger partial charge in [-0.1, -0.05) is 17.7 Å². The van der Waals surface area contributed by atoms with E-state index in [9.17, 15) is 4.79 Å². The van der Waals surface area contributed by atoms with Gasteiger partial charge in [-0.25, -0.2) is 0 Å². The van der Waals surface area contributed by atoms with Crippen LogP contribution in [0.3, 0.4) is 0 Å². The second-order valence-corrected chi connectivity index (χ2v) is 4.19. The van der Waals surface area contributed by atoms with Gasteiger partial charge in [-0.15, -0.1) is 0 Å². The molecule has 3 heteroatoms. The molecule has 1 aliphatic carbocycles. The number of hydrogen-bond donors (Lipinski definition) is 0. The van der Waals surface area contributed by atoms with Crippen LogP contribution in [0.2, 0.25) is 0 Å². The van der Waals surface area contributed by atoms with Crippen LogP contribution in [0.4, 0.5) is 0 Å². The van der Waals surface area contributed by atoms with Crippen molar-refractivity contribution < 1.29 is 4.79 Å². The van der Waals surface area contributed by atoms with Gasteiger partial charge in [-0.05, 0) is 31.9 Å². The molecule has 0 aromatic heterocycles. The molecular weight excluding hydrogens is 200 g/mol. The molecular formula is C13H14N2O. The van der Waals surface area contributed by atoms with E-state index in [0.29, 0.717) is 5.56 Å². The molecule has 0 atom stereocenters. The fourth-order valence-corrected chi connectivity index (χ4v) is 1.77. The quantitative estimate of drug-likeness (QED) is 0.723. The van der Waals surface area contributed by atoms with Gasteiger partial charge in [-0.3, -0.25) is 4.79 Å². The van der Waals surface area contributed by atoms with E-state index in [1.807, 2.05) is 31.2 Å². The fraction of sp³-hybridized carbons (Fsp3) is 0.385. The Balaban J connectivity index is 2.19. The summed E-state index contributed by atoms with van der Waals surface area (Å²) in [7, 11) is 0. The number of amides is 1. The van der Waals surface area contributed by atoms with Gasteiger partial charge < -0.3 is 4.90 Å². The Morgan fingerprint density at radius 3 is 2.88 bits per heavy atom. The first-order valence-electron chi connectivity index (χ1n) is 5.47. The summed E-state index contributed by atoms with van der Waals surface area (Å²) in [4.78, 5) is 13.8. The number of nitriles is 1. The van der Waals surface area contributed by atoms with Crippen LogP contribution in [0.1, 0.15) is 28.8 Å². The smallest absolute Gasteiger partial charge is 0.254 e. The van der Waals surface area contributed by atoms with Gasteiger partial charge in [0.25, 0.3) is 5.91 Å². The summed E-state index contributed by atoms with van der Waals surface area (Å²) < 4.78 is 0. The van der Waals surface area contributed by atoms with Gasteiger partial charge in [0.2, 0.25) is 0 Å². The summed E-state index contributed by atoms with van der Waals surface area (Å²) in [5, 5.41) is 8.72. The van der Waals surface area contributed by atoms with Crippen LogP contribution in [0.5, 0.6) is 0 Å². The van der Waals surface area contributed by atoms with E-state index >= 15 is 0 Å². The predicted octanol–water partition coefficient (Wildman–Crippen LogP) is 2.12. The highest BCUT2D eigenvalue weighted by Gasteiger charge is 2.32. The maximum Gasteiger partial charge on any atom is 0.254 e. The molecule has 0 aliphatic heterocycles. The molecule has 0 N–H and O–H groups in total. The lowest BCUT2D eigenvalue weighted by atomic mass is 10.1. The van der Waals surface area contributed by atoms with Crippen LogP contribution >= 0.6 is 0 Å². The fourth-order valence-electron chi connectivity index (χ4n) is 1.77. The first-order chi connectivity index (χ1) is 7.72. The molecule has 0 heterocycles. The number of carbonyl (C=O) groups excluding carboxylic acids is 1. The molecule has 2 rings (SSSR count). The van der Waals surface area contributed by atoms with E-state index in [4.69, 9.17) is 5.26 Å². The van der Waals surface area contributed by atoms with Crippen molar-refractivity contribution in [2.75, 3.05) is 6.54 Å². The average Bonchev–Trinajstić information content (AvgIpc) is 3.09. The zero-order valence-electron chi connectivity index (χ0n) is 9.31. The molecule has 0 spiro atoms. The standard InChI is InChI=1S/C13H14N2O/c1-10-3-2-4-11(9-10)13(16)15(8-7-14)12-5-6-12/h2-4,9,12H,5-6,8H2,1H3. The first-order valence-corrected chi connectivity index (χ1v) is 5.47. The van der Waals surface area contributed by atoms with Gasteiger partial charge in [0, 0.05) is 11.6 Å². The van der Waals surface area contributed by atoms with Gasteiger partial charge in [-0.2, -0.15) is 5.26 Å². The third kappa shape index (κ3) is 2.22. The largest absolute Gasteiger partial charge is 0.322 e. The molecule has 1 aliphatic rings. The lowest BCUT2D eigenvalue weighted by Crippen LogP contribution is -2.33. The molecule has 82 valence electrons. The van der Waals surface area contributed by atoms with Crippen molar-refractivity contribution in [1.29, 1.82) is 5.26 Å². The maximum absolute atomic E-state index is 12.1.